The first-order valence-electron chi connectivity index (χ1n) is 7.19. The van der Waals surface area contributed by atoms with Crippen LogP contribution in [-0.4, -0.2) is 5.91 Å². The Labute approximate surface area is 140 Å². The Morgan fingerprint density at radius 1 is 1.12 bits per heavy atom. The molecule has 2 aromatic carbocycles. The minimum atomic E-state index is -4.60. The molecule has 7 heteroatoms. The number of carbonyl (C=O) groups excluding carboxylic acids is 1. The van der Waals surface area contributed by atoms with E-state index in [-0.39, 0.29) is 11.8 Å². The second-order valence-corrected chi connectivity index (χ2v) is 6.12. The zero-order valence-corrected chi connectivity index (χ0v) is 13.0. The first kappa shape index (κ1) is 16.8. The summed E-state index contributed by atoms with van der Waals surface area (Å²) in [4.78, 5) is 12.2. The Balaban J connectivity index is 1.71. The van der Waals surface area contributed by atoms with Crippen LogP contribution in [-0.2, 0) is 11.0 Å². The lowest BCUT2D eigenvalue weighted by molar-refractivity contribution is -0.137. The van der Waals surface area contributed by atoms with Gasteiger partial charge in [-0.1, -0.05) is 23.7 Å². The number of hydrogen-bond donors (Lipinski definition) is 1. The molecule has 0 spiro atoms. The number of amides is 1. The van der Waals surface area contributed by atoms with Crippen LogP contribution >= 0.6 is 11.6 Å². The van der Waals surface area contributed by atoms with Crippen LogP contribution in [0.1, 0.15) is 23.5 Å². The van der Waals surface area contributed by atoms with E-state index in [4.69, 9.17) is 11.6 Å². The molecule has 2 aromatic rings. The molecule has 1 fully saturated rings. The number of rotatable bonds is 3. The maximum Gasteiger partial charge on any atom is 0.416 e. The third kappa shape index (κ3) is 3.53. The van der Waals surface area contributed by atoms with Crippen LogP contribution in [0.25, 0.3) is 0 Å². The van der Waals surface area contributed by atoms with Crippen molar-refractivity contribution < 1.29 is 22.4 Å². The summed E-state index contributed by atoms with van der Waals surface area (Å²) in [6.07, 6.45) is -4.04. The number of anilines is 1. The van der Waals surface area contributed by atoms with E-state index in [1.54, 1.807) is 24.3 Å². The van der Waals surface area contributed by atoms with Gasteiger partial charge in [0, 0.05) is 10.9 Å². The minimum absolute atomic E-state index is 0.0314. The lowest BCUT2D eigenvalue weighted by Crippen LogP contribution is -2.16. The molecule has 0 aromatic heterocycles. The fourth-order valence-electron chi connectivity index (χ4n) is 2.59. The van der Waals surface area contributed by atoms with Crippen molar-refractivity contribution in [1.82, 2.24) is 0 Å². The molecule has 2 atom stereocenters. The molecule has 0 aliphatic heterocycles. The predicted octanol–water partition coefficient (Wildman–Crippen LogP) is 5.24. The maximum absolute atomic E-state index is 13.7. The van der Waals surface area contributed by atoms with Crippen molar-refractivity contribution in [1.29, 1.82) is 0 Å². The summed E-state index contributed by atoms with van der Waals surface area (Å²) < 4.78 is 51.7. The SMILES string of the molecule is O=C(Nc1cc(C(F)(F)F)ccc1F)[C@H]1C[C@@H]1c1ccc(Cl)cc1. The average molecular weight is 358 g/mol. The van der Waals surface area contributed by atoms with Gasteiger partial charge in [0.2, 0.25) is 5.91 Å². The number of nitrogens with one attached hydrogen (secondary N) is 1. The van der Waals surface area contributed by atoms with Crippen LogP contribution in [0.15, 0.2) is 42.5 Å². The van der Waals surface area contributed by atoms with E-state index >= 15 is 0 Å². The van der Waals surface area contributed by atoms with Crippen LogP contribution < -0.4 is 5.32 Å². The van der Waals surface area contributed by atoms with E-state index in [0.29, 0.717) is 29.6 Å². The van der Waals surface area contributed by atoms with Gasteiger partial charge >= 0.3 is 6.18 Å². The van der Waals surface area contributed by atoms with E-state index in [2.05, 4.69) is 5.32 Å². The molecular weight excluding hydrogens is 346 g/mol. The van der Waals surface area contributed by atoms with Gasteiger partial charge in [-0.3, -0.25) is 4.79 Å². The Kier molecular flexibility index (Phi) is 4.25. The Morgan fingerprint density at radius 3 is 2.42 bits per heavy atom. The van der Waals surface area contributed by atoms with E-state index in [0.717, 1.165) is 5.56 Å². The quantitative estimate of drug-likeness (QED) is 0.748. The zero-order chi connectivity index (χ0) is 17.5. The number of hydrogen-bond acceptors (Lipinski definition) is 1. The van der Waals surface area contributed by atoms with Gasteiger partial charge in [-0.15, -0.1) is 0 Å². The number of halogens is 5. The molecular formula is C17H12ClF4NO. The molecule has 3 rings (SSSR count). The van der Waals surface area contributed by atoms with Crippen molar-refractivity contribution in [3.63, 3.8) is 0 Å². The van der Waals surface area contributed by atoms with Gasteiger partial charge < -0.3 is 5.32 Å². The first-order valence-corrected chi connectivity index (χ1v) is 7.56. The highest BCUT2D eigenvalue weighted by Crippen LogP contribution is 2.48. The fraction of sp³-hybridized carbons (Fsp3) is 0.235. The van der Waals surface area contributed by atoms with Gasteiger partial charge in [0.25, 0.3) is 0 Å². The molecule has 0 saturated heterocycles. The highest BCUT2D eigenvalue weighted by atomic mass is 35.5. The van der Waals surface area contributed by atoms with E-state index in [9.17, 15) is 22.4 Å². The van der Waals surface area contributed by atoms with Crippen molar-refractivity contribution in [3.8, 4) is 0 Å². The zero-order valence-electron chi connectivity index (χ0n) is 12.2. The summed E-state index contributed by atoms with van der Waals surface area (Å²) in [7, 11) is 0. The highest BCUT2D eigenvalue weighted by Gasteiger charge is 2.44. The molecule has 2 nitrogen and oxygen atoms in total. The van der Waals surface area contributed by atoms with Crippen LogP contribution in [0.2, 0.25) is 5.02 Å². The molecule has 1 amide bonds. The van der Waals surface area contributed by atoms with Gasteiger partial charge in [-0.05, 0) is 48.2 Å². The van der Waals surface area contributed by atoms with E-state index < -0.39 is 29.2 Å². The van der Waals surface area contributed by atoms with Crippen molar-refractivity contribution >= 4 is 23.2 Å². The van der Waals surface area contributed by atoms with Gasteiger partial charge in [-0.2, -0.15) is 13.2 Å². The molecule has 24 heavy (non-hydrogen) atoms. The normalized spacial score (nSPS) is 19.9. The summed E-state index contributed by atoms with van der Waals surface area (Å²) in [6.45, 7) is 0. The van der Waals surface area contributed by atoms with Gasteiger partial charge in [-0.25, -0.2) is 4.39 Å². The van der Waals surface area contributed by atoms with Crippen LogP contribution in [0.4, 0.5) is 23.2 Å². The summed E-state index contributed by atoms with van der Waals surface area (Å²) in [5, 5.41) is 2.83. The van der Waals surface area contributed by atoms with Crippen molar-refractivity contribution in [2.45, 2.75) is 18.5 Å². The monoisotopic (exact) mass is 357 g/mol. The second kappa shape index (κ2) is 6.09. The van der Waals surface area contributed by atoms with Gasteiger partial charge in [0.1, 0.15) is 5.82 Å². The van der Waals surface area contributed by atoms with Crippen molar-refractivity contribution in [2.24, 2.45) is 5.92 Å². The minimum Gasteiger partial charge on any atom is -0.323 e. The molecule has 1 saturated carbocycles. The molecule has 1 aliphatic carbocycles. The number of benzene rings is 2. The van der Waals surface area contributed by atoms with Crippen molar-refractivity contribution in [3.05, 3.63) is 64.4 Å². The lowest BCUT2D eigenvalue weighted by atomic mass is 10.1. The third-order valence-electron chi connectivity index (χ3n) is 3.98. The summed E-state index contributed by atoms with van der Waals surface area (Å²) in [6, 6.07) is 8.94. The first-order chi connectivity index (χ1) is 11.3. The summed E-state index contributed by atoms with van der Waals surface area (Å²) in [5.74, 6) is -1.82. The Morgan fingerprint density at radius 2 is 1.79 bits per heavy atom. The van der Waals surface area contributed by atoms with Crippen LogP contribution in [0.5, 0.6) is 0 Å². The molecule has 126 valence electrons. The third-order valence-corrected chi connectivity index (χ3v) is 4.23. The molecule has 1 aliphatic rings. The smallest absolute Gasteiger partial charge is 0.323 e. The van der Waals surface area contributed by atoms with Crippen LogP contribution in [0, 0.1) is 11.7 Å². The predicted molar refractivity (Wildman–Crippen MR) is 82.3 cm³/mol. The molecule has 0 unspecified atom stereocenters. The van der Waals surface area contributed by atoms with Crippen molar-refractivity contribution in [2.75, 3.05) is 5.32 Å². The summed E-state index contributed by atoms with van der Waals surface area (Å²) >= 11 is 5.80. The Bertz CT molecular complexity index is 773. The second-order valence-electron chi connectivity index (χ2n) is 5.68. The lowest BCUT2D eigenvalue weighted by Gasteiger charge is -2.11. The van der Waals surface area contributed by atoms with Crippen LogP contribution in [0.3, 0.4) is 0 Å². The molecule has 0 radical (unpaired) electrons. The molecule has 0 bridgehead atoms. The topological polar surface area (TPSA) is 29.1 Å². The largest absolute Gasteiger partial charge is 0.416 e. The summed E-state index contributed by atoms with van der Waals surface area (Å²) in [5.41, 5.74) is -0.551. The standard InChI is InChI=1S/C17H12ClF4NO/c18-11-4-1-9(2-5-11)12-8-13(12)16(24)23-15-7-10(17(20,21)22)3-6-14(15)19/h1-7,12-13H,8H2,(H,23,24)/t12-,13+/m1/s1. The molecule has 1 N–H and O–H groups in total. The van der Waals surface area contributed by atoms with E-state index in [1.807, 2.05) is 0 Å². The number of alkyl halides is 3. The maximum atomic E-state index is 13.7. The average Bonchev–Trinajstić information content (AvgIpc) is 3.29. The molecule has 0 heterocycles. The number of carbonyl (C=O) groups is 1. The fourth-order valence-corrected chi connectivity index (χ4v) is 2.71. The van der Waals surface area contributed by atoms with Gasteiger partial charge in [0.05, 0.1) is 11.3 Å². The van der Waals surface area contributed by atoms with E-state index in [1.165, 1.54) is 0 Å². The van der Waals surface area contributed by atoms with Gasteiger partial charge in [0.15, 0.2) is 0 Å². The highest BCUT2D eigenvalue weighted by molar-refractivity contribution is 6.30. The Hall–Kier alpha value is -2.08.